The van der Waals surface area contributed by atoms with Gasteiger partial charge in [-0.25, -0.2) is 9.59 Å². The maximum Gasteiger partial charge on any atom is 0.329 e. The fourth-order valence-corrected chi connectivity index (χ4v) is 1.92. The number of hydrogen-bond donors (Lipinski definition) is 2. The molecule has 0 radical (unpaired) electrons. The van der Waals surface area contributed by atoms with Crippen LogP contribution in [-0.4, -0.2) is 53.8 Å². The van der Waals surface area contributed by atoms with E-state index in [2.05, 4.69) is 11.2 Å². The fourth-order valence-electron chi connectivity index (χ4n) is 1.92. The van der Waals surface area contributed by atoms with Crippen LogP contribution in [0, 0.1) is 12.3 Å². The van der Waals surface area contributed by atoms with E-state index in [1.807, 2.05) is 6.92 Å². The Morgan fingerprint density at radius 3 is 2.63 bits per heavy atom. The van der Waals surface area contributed by atoms with Gasteiger partial charge < -0.3 is 20.1 Å². The van der Waals surface area contributed by atoms with E-state index in [1.165, 1.54) is 0 Å². The Hall–Kier alpha value is -1.74. The third kappa shape index (κ3) is 5.18. The Morgan fingerprint density at radius 2 is 2.16 bits per heavy atom. The minimum atomic E-state index is -0.972. The number of amides is 2. The quantitative estimate of drug-likeness (QED) is 0.718. The Morgan fingerprint density at radius 1 is 1.53 bits per heavy atom. The minimum absolute atomic E-state index is 0.0882. The summed E-state index contributed by atoms with van der Waals surface area (Å²) in [4.78, 5) is 23.9. The number of likely N-dealkylation sites (tertiary alicyclic amines) is 1. The summed E-state index contributed by atoms with van der Waals surface area (Å²) >= 11 is 0. The first-order valence-electron chi connectivity index (χ1n) is 6.41. The van der Waals surface area contributed by atoms with Gasteiger partial charge in [0.2, 0.25) is 0 Å². The van der Waals surface area contributed by atoms with Gasteiger partial charge in [-0.2, -0.15) is 0 Å². The van der Waals surface area contributed by atoms with Crippen LogP contribution >= 0.6 is 0 Å². The number of piperidine rings is 1. The summed E-state index contributed by atoms with van der Waals surface area (Å²) in [5.74, 6) is 1.54. The Labute approximate surface area is 113 Å². The molecule has 19 heavy (non-hydrogen) atoms. The molecule has 0 saturated carbocycles. The molecule has 1 unspecified atom stereocenters. The average Bonchev–Trinajstić information content (AvgIpc) is 2.42. The molecule has 0 aromatic heterocycles. The van der Waals surface area contributed by atoms with Crippen molar-refractivity contribution in [3.8, 4) is 12.3 Å². The van der Waals surface area contributed by atoms with Gasteiger partial charge >= 0.3 is 12.0 Å². The molecule has 0 aromatic rings. The molecule has 1 saturated heterocycles. The van der Waals surface area contributed by atoms with E-state index in [1.54, 1.807) is 4.90 Å². The average molecular weight is 268 g/mol. The van der Waals surface area contributed by atoms with Gasteiger partial charge in [-0.05, 0) is 19.3 Å². The van der Waals surface area contributed by atoms with Crippen molar-refractivity contribution in [3.63, 3.8) is 0 Å². The van der Waals surface area contributed by atoms with Crippen molar-refractivity contribution in [2.75, 3.05) is 19.7 Å². The van der Waals surface area contributed by atoms with Gasteiger partial charge in [-0.3, -0.25) is 0 Å². The van der Waals surface area contributed by atoms with Crippen molar-refractivity contribution >= 4 is 12.0 Å². The van der Waals surface area contributed by atoms with E-state index >= 15 is 0 Å². The normalized spacial score (nSPS) is 17.6. The van der Waals surface area contributed by atoms with Crippen LogP contribution in [0.2, 0.25) is 0 Å². The second kappa shape index (κ2) is 7.64. The Balaban J connectivity index is 2.31. The summed E-state index contributed by atoms with van der Waals surface area (Å²) in [6.07, 6.45) is 7.19. The highest BCUT2D eigenvalue weighted by Crippen LogP contribution is 2.13. The molecular formula is C13H20N2O4. The molecule has 0 aromatic carbocycles. The molecular weight excluding hydrogens is 248 g/mol. The molecule has 1 fully saturated rings. The second-order valence-electron chi connectivity index (χ2n) is 4.47. The number of carbonyl (C=O) groups is 2. The molecule has 6 heteroatoms. The lowest BCUT2D eigenvalue weighted by molar-refractivity contribution is -0.145. The minimum Gasteiger partial charge on any atom is -0.480 e. The third-order valence-corrected chi connectivity index (χ3v) is 3.08. The van der Waals surface area contributed by atoms with Gasteiger partial charge in [0.05, 0.1) is 12.1 Å². The van der Waals surface area contributed by atoms with E-state index in [0.29, 0.717) is 32.4 Å². The van der Waals surface area contributed by atoms with Gasteiger partial charge in [0, 0.05) is 13.1 Å². The van der Waals surface area contributed by atoms with Crippen LogP contribution in [0.15, 0.2) is 0 Å². The lowest BCUT2D eigenvalue weighted by Gasteiger charge is -2.32. The van der Waals surface area contributed by atoms with Crippen molar-refractivity contribution in [1.29, 1.82) is 0 Å². The number of nitrogens with one attached hydrogen (secondary N) is 1. The van der Waals surface area contributed by atoms with Crippen molar-refractivity contribution in [2.24, 2.45) is 0 Å². The number of nitrogens with zero attached hydrogens (tertiary/aromatic N) is 1. The van der Waals surface area contributed by atoms with E-state index in [9.17, 15) is 9.59 Å². The number of urea groups is 1. The fraction of sp³-hybridized carbons (Fsp3) is 0.692. The summed E-state index contributed by atoms with van der Waals surface area (Å²) in [6.45, 7) is 2.73. The maximum absolute atomic E-state index is 11.9. The third-order valence-electron chi connectivity index (χ3n) is 3.08. The van der Waals surface area contributed by atoms with Gasteiger partial charge in [0.25, 0.3) is 0 Å². The van der Waals surface area contributed by atoms with Crippen molar-refractivity contribution in [3.05, 3.63) is 0 Å². The zero-order chi connectivity index (χ0) is 14.3. The molecule has 0 bridgehead atoms. The molecule has 1 aliphatic heterocycles. The summed E-state index contributed by atoms with van der Waals surface area (Å²) in [5.41, 5.74) is 0. The molecule has 1 heterocycles. The highest BCUT2D eigenvalue weighted by molar-refractivity contribution is 5.75. The SMILES string of the molecule is C#CC(CC)NC(=O)N1CCC(OCC(=O)O)CC1. The van der Waals surface area contributed by atoms with Gasteiger partial charge in [-0.1, -0.05) is 12.8 Å². The van der Waals surface area contributed by atoms with E-state index in [-0.39, 0.29) is 24.8 Å². The standard InChI is InChI=1S/C13H20N2O4/c1-3-10(4-2)14-13(18)15-7-5-11(6-8-15)19-9-12(16)17/h1,10-11H,4-9H2,2H3,(H,14,18)(H,16,17). The van der Waals surface area contributed by atoms with Crippen LogP contribution in [0.5, 0.6) is 0 Å². The van der Waals surface area contributed by atoms with E-state index in [0.717, 1.165) is 0 Å². The molecule has 6 nitrogen and oxygen atoms in total. The number of carbonyl (C=O) groups excluding carboxylic acids is 1. The largest absolute Gasteiger partial charge is 0.480 e. The number of carboxylic acids is 1. The highest BCUT2D eigenvalue weighted by atomic mass is 16.5. The zero-order valence-electron chi connectivity index (χ0n) is 11.1. The maximum atomic E-state index is 11.9. The van der Waals surface area contributed by atoms with Crippen LogP contribution in [0.3, 0.4) is 0 Å². The second-order valence-corrected chi connectivity index (χ2v) is 4.47. The highest BCUT2D eigenvalue weighted by Gasteiger charge is 2.24. The van der Waals surface area contributed by atoms with Crippen LogP contribution in [0.4, 0.5) is 4.79 Å². The van der Waals surface area contributed by atoms with Gasteiger partial charge in [0.15, 0.2) is 0 Å². The summed E-state index contributed by atoms with van der Waals surface area (Å²) in [6, 6.07) is -0.407. The van der Waals surface area contributed by atoms with Crippen LogP contribution < -0.4 is 5.32 Å². The smallest absolute Gasteiger partial charge is 0.329 e. The van der Waals surface area contributed by atoms with Crippen LogP contribution in [0.1, 0.15) is 26.2 Å². The lowest BCUT2D eigenvalue weighted by Crippen LogP contribution is -2.48. The summed E-state index contributed by atoms with van der Waals surface area (Å²) in [7, 11) is 0. The zero-order valence-corrected chi connectivity index (χ0v) is 11.1. The summed E-state index contributed by atoms with van der Waals surface area (Å²) < 4.78 is 5.21. The molecule has 1 atom stereocenters. The number of aliphatic carboxylic acids is 1. The first kappa shape index (κ1) is 15.3. The van der Waals surface area contributed by atoms with Crippen LogP contribution in [0.25, 0.3) is 0 Å². The Bertz CT molecular complexity index is 356. The molecule has 0 aliphatic carbocycles. The van der Waals surface area contributed by atoms with Crippen LogP contribution in [-0.2, 0) is 9.53 Å². The molecule has 2 amide bonds. The molecule has 2 N–H and O–H groups in total. The Kier molecular flexibility index (Phi) is 6.16. The van der Waals surface area contributed by atoms with Crippen molar-refractivity contribution < 1.29 is 19.4 Å². The van der Waals surface area contributed by atoms with Crippen molar-refractivity contribution in [1.82, 2.24) is 10.2 Å². The monoisotopic (exact) mass is 268 g/mol. The number of ether oxygens (including phenoxy) is 1. The first-order chi connectivity index (χ1) is 9.06. The van der Waals surface area contributed by atoms with Gasteiger partial charge in [0.1, 0.15) is 6.61 Å². The van der Waals surface area contributed by atoms with E-state index in [4.69, 9.17) is 16.3 Å². The molecule has 1 aliphatic rings. The van der Waals surface area contributed by atoms with Crippen molar-refractivity contribution in [2.45, 2.75) is 38.3 Å². The number of rotatable bonds is 5. The first-order valence-corrected chi connectivity index (χ1v) is 6.41. The topological polar surface area (TPSA) is 78.9 Å². The molecule has 106 valence electrons. The number of terminal acetylenes is 1. The molecule has 1 rings (SSSR count). The van der Waals surface area contributed by atoms with E-state index < -0.39 is 5.97 Å². The summed E-state index contributed by atoms with van der Waals surface area (Å²) in [5, 5.41) is 11.3. The molecule has 0 spiro atoms. The number of carboxylic acid groups (broad SMARTS) is 1. The van der Waals surface area contributed by atoms with Gasteiger partial charge in [-0.15, -0.1) is 6.42 Å². The predicted octanol–water partition coefficient (Wildman–Crippen LogP) is 0.673. The lowest BCUT2D eigenvalue weighted by atomic mass is 10.1. The number of hydrogen-bond acceptors (Lipinski definition) is 3. The predicted molar refractivity (Wildman–Crippen MR) is 69.6 cm³/mol.